The van der Waals surface area contributed by atoms with E-state index in [2.05, 4.69) is 20.5 Å². The molecule has 122 valence electrons. The SMILES string of the molecule is Fc1ccc(-n2cc(CN3CCC4(CCNC4)C3)nn2)cc1Cl. The molecular weight excluding hydrogens is 317 g/mol. The highest BCUT2D eigenvalue weighted by Gasteiger charge is 2.40. The predicted molar refractivity (Wildman–Crippen MR) is 86.1 cm³/mol. The molecule has 1 aromatic carbocycles. The molecular formula is C16H19ClFN5. The van der Waals surface area contributed by atoms with Crippen LogP contribution in [0.3, 0.4) is 0 Å². The summed E-state index contributed by atoms with van der Waals surface area (Å²) in [5.41, 5.74) is 2.10. The molecule has 23 heavy (non-hydrogen) atoms. The minimum Gasteiger partial charge on any atom is -0.316 e. The van der Waals surface area contributed by atoms with E-state index in [9.17, 15) is 4.39 Å². The zero-order valence-corrected chi connectivity index (χ0v) is 13.6. The van der Waals surface area contributed by atoms with Crippen LogP contribution in [0.2, 0.25) is 5.02 Å². The second kappa shape index (κ2) is 5.85. The summed E-state index contributed by atoms with van der Waals surface area (Å²) in [7, 11) is 0. The van der Waals surface area contributed by atoms with Crippen LogP contribution in [0.25, 0.3) is 5.69 Å². The van der Waals surface area contributed by atoms with Gasteiger partial charge >= 0.3 is 0 Å². The first kappa shape index (κ1) is 15.1. The van der Waals surface area contributed by atoms with E-state index in [0.717, 1.165) is 38.4 Å². The molecule has 2 aliphatic heterocycles. The Hall–Kier alpha value is -1.50. The van der Waals surface area contributed by atoms with Crippen molar-refractivity contribution in [1.82, 2.24) is 25.2 Å². The molecule has 3 heterocycles. The molecule has 7 heteroatoms. The largest absolute Gasteiger partial charge is 0.316 e. The van der Waals surface area contributed by atoms with Gasteiger partial charge in [0.15, 0.2) is 0 Å². The first-order valence-electron chi connectivity index (χ1n) is 7.93. The number of nitrogens with one attached hydrogen (secondary N) is 1. The molecule has 2 saturated heterocycles. The van der Waals surface area contributed by atoms with Crippen LogP contribution in [0.1, 0.15) is 18.5 Å². The van der Waals surface area contributed by atoms with Gasteiger partial charge in [-0.15, -0.1) is 5.10 Å². The predicted octanol–water partition coefficient (Wildman–Crippen LogP) is 2.25. The lowest BCUT2D eigenvalue weighted by molar-refractivity contribution is 0.266. The van der Waals surface area contributed by atoms with E-state index in [1.807, 2.05) is 6.20 Å². The fourth-order valence-corrected chi connectivity index (χ4v) is 3.84. The van der Waals surface area contributed by atoms with E-state index in [-0.39, 0.29) is 5.02 Å². The van der Waals surface area contributed by atoms with Crippen molar-refractivity contribution < 1.29 is 4.39 Å². The molecule has 2 aromatic rings. The Kier molecular flexibility index (Phi) is 3.83. The van der Waals surface area contributed by atoms with Crippen LogP contribution in [-0.4, -0.2) is 46.1 Å². The van der Waals surface area contributed by atoms with Gasteiger partial charge in [-0.05, 0) is 49.5 Å². The smallest absolute Gasteiger partial charge is 0.141 e. The molecule has 1 aromatic heterocycles. The monoisotopic (exact) mass is 335 g/mol. The van der Waals surface area contributed by atoms with E-state index >= 15 is 0 Å². The summed E-state index contributed by atoms with van der Waals surface area (Å²) in [5, 5.41) is 11.9. The minimum absolute atomic E-state index is 0.0924. The number of halogens is 2. The van der Waals surface area contributed by atoms with E-state index in [1.54, 1.807) is 16.8 Å². The molecule has 0 bridgehead atoms. The molecule has 0 aliphatic carbocycles. The normalized spacial score (nSPS) is 24.8. The summed E-state index contributed by atoms with van der Waals surface area (Å²) >= 11 is 5.83. The van der Waals surface area contributed by atoms with Crippen LogP contribution in [0, 0.1) is 11.2 Å². The van der Waals surface area contributed by atoms with Crippen molar-refractivity contribution in [3.8, 4) is 5.69 Å². The maximum atomic E-state index is 13.2. The van der Waals surface area contributed by atoms with Crippen LogP contribution in [0.15, 0.2) is 24.4 Å². The summed E-state index contributed by atoms with van der Waals surface area (Å²) in [4.78, 5) is 2.44. The van der Waals surface area contributed by atoms with E-state index in [1.165, 1.54) is 18.9 Å². The second-order valence-corrected chi connectivity index (χ2v) is 7.05. The van der Waals surface area contributed by atoms with Gasteiger partial charge in [-0.25, -0.2) is 9.07 Å². The minimum atomic E-state index is -0.428. The summed E-state index contributed by atoms with van der Waals surface area (Å²) in [6.45, 7) is 5.29. The van der Waals surface area contributed by atoms with Crippen molar-refractivity contribution in [2.45, 2.75) is 19.4 Å². The van der Waals surface area contributed by atoms with Gasteiger partial charge in [0, 0.05) is 19.6 Å². The van der Waals surface area contributed by atoms with Crippen LogP contribution >= 0.6 is 11.6 Å². The van der Waals surface area contributed by atoms with Gasteiger partial charge in [-0.3, -0.25) is 4.90 Å². The molecule has 2 aliphatic rings. The number of nitrogens with zero attached hydrogens (tertiary/aromatic N) is 4. The molecule has 5 nitrogen and oxygen atoms in total. The van der Waals surface area contributed by atoms with Crippen LogP contribution in [0.5, 0.6) is 0 Å². The first-order chi connectivity index (χ1) is 11.1. The standard InChI is InChI=1S/C16H19ClFN5/c17-14-7-13(1-2-15(14)18)23-9-12(20-21-23)8-22-6-4-16(11-22)3-5-19-10-16/h1-2,7,9,19H,3-6,8,10-11H2. The average molecular weight is 336 g/mol. The fourth-order valence-electron chi connectivity index (χ4n) is 3.66. The Labute approximate surface area is 139 Å². The number of benzene rings is 1. The summed E-state index contributed by atoms with van der Waals surface area (Å²) in [5.74, 6) is -0.428. The third-order valence-corrected chi connectivity index (χ3v) is 5.23. The maximum Gasteiger partial charge on any atom is 0.141 e. The molecule has 4 rings (SSSR count). The lowest BCUT2D eigenvalue weighted by Gasteiger charge is -2.22. The first-order valence-corrected chi connectivity index (χ1v) is 8.31. The number of hydrogen-bond acceptors (Lipinski definition) is 4. The van der Waals surface area contributed by atoms with Gasteiger partial charge in [0.1, 0.15) is 5.82 Å². The second-order valence-electron chi connectivity index (χ2n) is 6.64. The van der Waals surface area contributed by atoms with E-state index < -0.39 is 5.82 Å². The van der Waals surface area contributed by atoms with Crippen molar-refractivity contribution >= 4 is 11.6 Å². The van der Waals surface area contributed by atoms with Gasteiger partial charge < -0.3 is 5.32 Å². The zero-order chi connectivity index (χ0) is 15.9. The van der Waals surface area contributed by atoms with Gasteiger partial charge in [0.2, 0.25) is 0 Å². The van der Waals surface area contributed by atoms with Crippen molar-refractivity contribution in [1.29, 1.82) is 0 Å². The Morgan fingerprint density at radius 3 is 3.04 bits per heavy atom. The third kappa shape index (κ3) is 2.98. The number of aromatic nitrogens is 3. The van der Waals surface area contributed by atoms with Gasteiger partial charge in [0.05, 0.1) is 22.6 Å². The van der Waals surface area contributed by atoms with E-state index in [0.29, 0.717) is 11.1 Å². The van der Waals surface area contributed by atoms with Crippen molar-refractivity contribution in [2.75, 3.05) is 26.2 Å². The van der Waals surface area contributed by atoms with Crippen LogP contribution in [0.4, 0.5) is 4.39 Å². The lowest BCUT2D eigenvalue weighted by Crippen LogP contribution is -2.29. The summed E-state index contributed by atoms with van der Waals surface area (Å²) in [6.07, 6.45) is 4.41. The molecule has 1 N–H and O–H groups in total. The maximum absolute atomic E-state index is 13.2. The number of rotatable bonds is 3. The molecule has 1 spiro atoms. The Morgan fingerprint density at radius 1 is 1.35 bits per heavy atom. The molecule has 0 amide bonds. The van der Waals surface area contributed by atoms with Crippen molar-refractivity contribution in [2.24, 2.45) is 5.41 Å². The third-order valence-electron chi connectivity index (χ3n) is 4.94. The number of hydrogen-bond donors (Lipinski definition) is 1. The van der Waals surface area contributed by atoms with Crippen molar-refractivity contribution in [3.05, 3.63) is 40.9 Å². The summed E-state index contributed by atoms with van der Waals surface area (Å²) in [6, 6.07) is 4.55. The molecule has 0 radical (unpaired) electrons. The fraction of sp³-hybridized carbons (Fsp3) is 0.500. The summed E-state index contributed by atoms with van der Waals surface area (Å²) < 4.78 is 14.9. The Bertz CT molecular complexity index is 710. The molecule has 2 fully saturated rings. The zero-order valence-electron chi connectivity index (χ0n) is 12.8. The lowest BCUT2D eigenvalue weighted by atomic mass is 9.87. The topological polar surface area (TPSA) is 46.0 Å². The quantitative estimate of drug-likeness (QED) is 0.934. The highest BCUT2D eigenvalue weighted by Crippen LogP contribution is 2.36. The van der Waals surface area contributed by atoms with Gasteiger partial charge in [-0.1, -0.05) is 16.8 Å². The molecule has 1 atom stereocenters. The Balaban J connectivity index is 1.45. The van der Waals surface area contributed by atoms with Crippen LogP contribution in [-0.2, 0) is 6.54 Å². The average Bonchev–Trinajstić information content (AvgIpc) is 3.26. The van der Waals surface area contributed by atoms with E-state index in [4.69, 9.17) is 11.6 Å². The van der Waals surface area contributed by atoms with Gasteiger partial charge in [-0.2, -0.15) is 0 Å². The van der Waals surface area contributed by atoms with Crippen LogP contribution < -0.4 is 5.32 Å². The number of likely N-dealkylation sites (tertiary alicyclic amines) is 1. The van der Waals surface area contributed by atoms with Crippen molar-refractivity contribution in [3.63, 3.8) is 0 Å². The van der Waals surface area contributed by atoms with Gasteiger partial charge in [0.25, 0.3) is 0 Å². The molecule has 1 unspecified atom stereocenters. The Morgan fingerprint density at radius 2 is 2.26 bits per heavy atom. The highest BCUT2D eigenvalue weighted by molar-refractivity contribution is 6.30. The molecule has 0 saturated carbocycles. The highest BCUT2D eigenvalue weighted by atomic mass is 35.5.